The maximum atomic E-state index is 12.7. The largest absolute Gasteiger partial charge is 0.446 e. The first-order chi connectivity index (χ1) is 14.5. The van der Waals surface area contributed by atoms with Crippen molar-refractivity contribution in [2.45, 2.75) is 19.9 Å². The van der Waals surface area contributed by atoms with Crippen LogP contribution < -0.4 is 10.3 Å². The van der Waals surface area contributed by atoms with E-state index in [4.69, 9.17) is 9.15 Å². The Hall–Kier alpha value is -4.01. The van der Waals surface area contributed by atoms with Crippen LogP contribution in [0, 0.1) is 0 Å². The Bertz CT molecular complexity index is 1430. The standard InChI is InChI=1S/C21H18N6O3/c1-12(2)27-18-16(11-23-27)20(28)26(3)21(25-18)30-15-6-4-13(5-7-15)17-22-10-14-8-9-29-19(14)24-17/h4-12H,1-3H3. The van der Waals surface area contributed by atoms with E-state index in [1.807, 2.05) is 32.0 Å². The minimum atomic E-state index is -0.210. The zero-order chi connectivity index (χ0) is 20.8. The molecule has 9 heteroatoms. The Morgan fingerprint density at radius 2 is 1.87 bits per heavy atom. The molecular weight excluding hydrogens is 384 g/mol. The van der Waals surface area contributed by atoms with Crippen LogP contribution in [0.2, 0.25) is 0 Å². The van der Waals surface area contributed by atoms with Crippen LogP contribution in [0.3, 0.4) is 0 Å². The van der Waals surface area contributed by atoms with Crippen molar-refractivity contribution in [2.24, 2.45) is 7.05 Å². The molecule has 30 heavy (non-hydrogen) atoms. The van der Waals surface area contributed by atoms with E-state index >= 15 is 0 Å². The summed E-state index contributed by atoms with van der Waals surface area (Å²) in [7, 11) is 1.62. The van der Waals surface area contributed by atoms with Crippen molar-refractivity contribution in [1.29, 1.82) is 0 Å². The number of hydrogen-bond acceptors (Lipinski definition) is 7. The summed E-state index contributed by atoms with van der Waals surface area (Å²) in [5, 5.41) is 5.58. The number of aromatic nitrogens is 6. The molecule has 0 saturated carbocycles. The Labute approximate surface area is 170 Å². The molecule has 5 aromatic rings. The zero-order valence-corrected chi connectivity index (χ0v) is 16.6. The number of benzene rings is 1. The average Bonchev–Trinajstić information content (AvgIpc) is 3.38. The van der Waals surface area contributed by atoms with Gasteiger partial charge in [-0.25, -0.2) is 9.67 Å². The Balaban J connectivity index is 1.48. The molecule has 0 N–H and O–H groups in total. The van der Waals surface area contributed by atoms with Crippen molar-refractivity contribution in [1.82, 2.24) is 29.3 Å². The van der Waals surface area contributed by atoms with Crippen LogP contribution in [0.15, 0.2) is 58.2 Å². The van der Waals surface area contributed by atoms with E-state index < -0.39 is 0 Å². The van der Waals surface area contributed by atoms with Gasteiger partial charge >= 0.3 is 6.01 Å². The highest BCUT2D eigenvalue weighted by Crippen LogP contribution is 2.25. The van der Waals surface area contributed by atoms with Crippen molar-refractivity contribution in [3.05, 3.63) is 59.3 Å². The first kappa shape index (κ1) is 18.0. The van der Waals surface area contributed by atoms with E-state index in [-0.39, 0.29) is 17.6 Å². The summed E-state index contributed by atoms with van der Waals surface area (Å²) in [4.78, 5) is 26.0. The molecule has 0 radical (unpaired) electrons. The smallest absolute Gasteiger partial charge is 0.306 e. The van der Waals surface area contributed by atoms with Gasteiger partial charge in [0.2, 0.25) is 5.71 Å². The van der Waals surface area contributed by atoms with Crippen molar-refractivity contribution < 1.29 is 9.15 Å². The maximum absolute atomic E-state index is 12.7. The Morgan fingerprint density at radius 3 is 2.63 bits per heavy atom. The molecule has 0 bridgehead atoms. The highest BCUT2D eigenvalue weighted by molar-refractivity contribution is 5.75. The summed E-state index contributed by atoms with van der Waals surface area (Å²) in [5.41, 5.74) is 1.64. The fourth-order valence-electron chi connectivity index (χ4n) is 3.19. The second-order valence-corrected chi connectivity index (χ2v) is 7.18. The van der Waals surface area contributed by atoms with Crippen LogP contribution in [-0.2, 0) is 7.05 Å². The highest BCUT2D eigenvalue weighted by atomic mass is 16.5. The van der Waals surface area contributed by atoms with Crippen LogP contribution in [0.4, 0.5) is 0 Å². The van der Waals surface area contributed by atoms with E-state index in [2.05, 4.69) is 20.1 Å². The topological polar surface area (TPSA) is 101 Å². The average molecular weight is 402 g/mol. The van der Waals surface area contributed by atoms with Crippen LogP contribution in [0.1, 0.15) is 19.9 Å². The molecule has 4 heterocycles. The Morgan fingerprint density at radius 1 is 1.07 bits per heavy atom. The lowest BCUT2D eigenvalue weighted by atomic mass is 10.2. The molecule has 5 rings (SSSR count). The summed E-state index contributed by atoms with van der Waals surface area (Å²) in [6, 6.07) is 9.32. The summed E-state index contributed by atoms with van der Waals surface area (Å²) in [6.45, 7) is 3.96. The number of ether oxygens (including phenoxy) is 1. The van der Waals surface area contributed by atoms with Gasteiger partial charge in [-0.15, -0.1) is 0 Å². The SMILES string of the molecule is CC(C)n1ncc2c(=O)n(C)c(Oc3ccc(-c4ncc5ccoc5n4)cc3)nc21. The summed E-state index contributed by atoms with van der Waals surface area (Å²) < 4.78 is 14.3. The molecule has 0 atom stereocenters. The van der Waals surface area contributed by atoms with Crippen molar-refractivity contribution in [3.63, 3.8) is 0 Å². The number of nitrogens with zero attached hydrogens (tertiary/aromatic N) is 6. The lowest BCUT2D eigenvalue weighted by molar-refractivity contribution is 0.413. The van der Waals surface area contributed by atoms with Gasteiger partial charge in [0.05, 0.1) is 17.8 Å². The van der Waals surface area contributed by atoms with Gasteiger partial charge in [-0.1, -0.05) is 0 Å². The molecule has 150 valence electrons. The molecule has 0 amide bonds. The lowest BCUT2D eigenvalue weighted by Gasteiger charge is -2.11. The Kier molecular flexibility index (Phi) is 4.09. The lowest BCUT2D eigenvalue weighted by Crippen LogP contribution is -2.20. The highest BCUT2D eigenvalue weighted by Gasteiger charge is 2.16. The first-order valence-corrected chi connectivity index (χ1v) is 9.44. The molecule has 0 spiro atoms. The van der Waals surface area contributed by atoms with E-state index in [0.717, 1.165) is 10.9 Å². The van der Waals surface area contributed by atoms with Gasteiger partial charge < -0.3 is 9.15 Å². The minimum Gasteiger partial charge on any atom is -0.446 e. The summed E-state index contributed by atoms with van der Waals surface area (Å²) >= 11 is 0. The van der Waals surface area contributed by atoms with Crippen LogP contribution in [0.5, 0.6) is 11.8 Å². The summed E-state index contributed by atoms with van der Waals surface area (Å²) in [6.07, 6.45) is 4.84. The summed E-state index contributed by atoms with van der Waals surface area (Å²) in [5.74, 6) is 1.09. The molecule has 0 unspecified atom stereocenters. The predicted molar refractivity (Wildman–Crippen MR) is 110 cm³/mol. The molecule has 0 fully saturated rings. The van der Waals surface area contributed by atoms with Gasteiger partial charge in [0.1, 0.15) is 11.1 Å². The van der Waals surface area contributed by atoms with E-state index in [1.165, 1.54) is 4.57 Å². The molecular formula is C21H18N6O3. The number of hydrogen-bond donors (Lipinski definition) is 0. The molecule has 4 aromatic heterocycles. The van der Waals surface area contributed by atoms with Gasteiger partial charge in [0, 0.05) is 24.8 Å². The number of fused-ring (bicyclic) bond motifs is 2. The van der Waals surface area contributed by atoms with Crippen LogP contribution in [0.25, 0.3) is 33.5 Å². The molecule has 9 nitrogen and oxygen atoms in total. The van der Waals surface area contributed by atoms with E-state index in [9.17, 15) is 4.79 Å². The third-order valence-electron chi connectivity index (χ3n) is 4.81. The van der Waals surface area contributed by atoms with Crippen LogP contribution in [-0.4, -0.2) is 29.3 Å². The van der Waals surface area contributed by atoms with Crippen molar-refractivity contribution in [2.75, 3.05) is 0 Å². The second-order valence-electron chi connectivity index (χ2n) is 7.18. The minimum absolute atomic E-state index is 0.0701. The van der Waals surface area contributed by atoms with Gasteiger partial charge in [0.15, 0.2) is 11.5 Å². The number of furan rings is 1. The molecule has 1 aromatic carbocycles. The van der Waals surface area contributed by atoms with Crippen molar-refractivity contribution in [3.8, 4) is 23.1 Å². The third-order valence-corrected chi connectivity index (χ3v) is 4.81. The normalized spacial score (nSPS) is 11.6. The fourth-order valence-corrected chi connectivity index (χ4v) is 3.19. The monoisotopic (exact) mass is 402 g/mol. The molecule has 0 aliphatic rings. The predicted octanol–water partition coefficient (Wildman–Crippen LogP) is 3.71. The quantitative estimate of drug-likeness (QED) is 0.452. The second kappa shape index (κ2) is 6.80. The van der Waals surface area contributed by atoms with Crippen molar-refractivity contribution >= 4 is 22.1 Å². The first-order valence-electron chi connectivity index (χ1n) is 9.44. The van der Waals surface area contributed by atoms with Gasteiger partial charge in [-0.05, 0) is 44.2 Å². The number of rotatable bonds is 4. The molecule has 0 saturated heterocycles. The molecule has 0 aliphatic carbocycles. The molecule has 0 aliphatic heterocycles. The van der Waals surface area contributed by atoms with E-state index in [1.54, 1.807) is 42.5 Å². The van der Waals surface area contributed by atoms with Crippen LogP contribution >= 0.6 is 0 Å². The van der Waals surface area contributed by atoms with Gasteiger partial charge in [0.25, 0.3) is 5.56 Å². The zero-order valence-electron chi connectivity index (χ0n) is 16.6. The van der Waals surface area contributed by atoms with Gasteiger partial charge in [-0.3, -0.25) is 9.36 Å². The van der Waals surface area contributed by atoms with E-state index in [0.29, 0.717) is 28.3 Å². The maximum Gasteiger partial charge on any atom is 0.306 e. The fraction of sp³-hybridized carbons (Fsp3) is 0.190. The third kappa shape index (κ3) is 2.91. The van der Waals surface area contributed by atoms with Gasteiger partial charge in [-0.2, -0.15) is 15.1 Å².